The molecule has 0 saturated heterocycles. The Kier molecular flexibility index (Phi) is 5.86. The number of ketones is 1. The van der Waals surface area contributed by atoms with Gasteiger partial charge in [0.2, 0.25) is 0 Å². The van der Waals surface area contributed by atoms with Crippen LogP contribution in [0.15, 0.2) is 36.4 Å². The zero-order valence-corrected chi connectivity index (χ0v) is 16.1. The maximum Gasteiger partial charge on any atom is 0.416 e. The summed E-state index contributed by atoms with van der Waals surface area (Å²) in [6.45, 7) is 6.96. The number of hydrogen-bond acceptors (Lipinski definition) is 1. The van der Waals surface area contributed by atoms with Gasteiger partial charge in [-0.1, -0.05) is 37.6 Å². The Balaban J connectivity index is 2.82. The molecule has 0 amide bonds. The van der Waals surface area contributed by atoms with Crippen molar-refractivity contribution in [2.75, 3.05) is 0 Å². The topological polar surface area (TPSA) is 17.1 Å². The van der Waals surface area contributed by atoms with Crippen LogP contribution in [0.25, 0.3) is 0 Å². The van der Waals surface area contributed by atoms with Gasteiger partial charge in [-0.15, -0.1) is 0 Å². The van der Waals surface area contributed by atoms with E-state index >= 15 is 0 Å². The van der Waals surface area contributed by atoms with Crippen LogP contribution in [0.1, 0.15) is 55.0 Å². The van der Waals surface area contributed by atoms with Crippen molar-refractivity contribution < 1.29 is 18.0 Å². The summed E-state index contributed by atoms with van der Waals surface area (Å²) in [6, 6.07) is 9.00. The van der Waals surface area contributed by atoms with Crippen LogP contribution in [0.4, 0.5) is 13.2 Å². The average Bonchev–Trinajstić information content (AvgIpc) is 2.56. The Bertz CT molecular complexity index is 826. The van der Waals surface area contributed by atoms with Crippen LogP contribution < -0.4 is 0 Å². The van der Waals surface area contributed by atoms with Crippen molar-refractivity contribution in [1.82, 2.24) is 0 Å². The smallest absolute Gasteiger partial charge is 0.299 e. The molecule has 0 aromatic heterocycles. The third kappa shape index (κ3) is 3.52. The van der Waals surface area contributed by atoms with E-state index in [9.17, 15) is 18.0 Å². The summed E-state index contributed by atoms with van der Waals surface area (Å²) >= 11 is 6.19. The second-order valence-electron chi connectivity index (χ2n) is 6.50. The molecule has 2 aromatic rings. The molecule has 0 aliphatic heterocycles. The van der Waals surface area contributed by atoms with Crippen molar-refractivity contribution in [3.8, 4) is 0 Å². The van der Waals surface area contributed by atoms with E-state index in [1.807, 2.05) is 19.9 Å². The van der Waals surface area contributed by atoms with E-state index in [4.69, 9.17) is 11.6 Å². The fraction of sp³-hybridized carbons (Fsp3) is 0.381. The maximum absolute atomic E-state index is 13.0. The molecule has 0 aliphatic rings. The first kappa shape index (κ1) is 20.5. The van der Waals surface area contributed by atoms with Crippen molar-refractivity contribution >= 4 is 17.4 Å². The third-order valence-corrected chi connectivity index (χ3v) is 5.29. The van der Waals surface area contributed by atoms with Gasteiger partial charge in [-0.05, 0) is 73.2 Å². The summed E-state index contributed by atoms with van der Waals surface area (Å²) < 4.78 is 39.1. The first-order valence-corrected chi connectivity index (χ1v) is 8.94. The normalized spacial score (nSPS) is 14.2. The lowest BCUT2D eigenvalue weighted by Crippen LogP contribution is -2.37. The van der Waals surface area contributed by atoms with Gasteiger partial charge in [0.15, 0.2) is 0 Å². The lowest BCUT2D eigenvalue weighted by atomic mass is 9.66. The Morgan fingerprint density at radius 2 is 1.69 bits per heavy atom. The molecule has 1 nitrogen and oxygen atoms in total. The van der Waals surface area contributed by atoms with Crippen LogP contribution in [-0.2, 0) is 22.8 Å². The molecule has 0 fully saturated rings. The molecular formula is C21H22ClF3O. The summed E-state index contributed by atoms with van der Waals surface area (Å²) in [4.78, 5) is 12.8. The van der Waals surface area contributed by atoms with Gasteiger partial charge in [-0.25, -0.2) is 0 Å². The van der Waals surface area contributed by atoms with Crippen LogP contribution in [0.2, 0.25) is 5.02 Å². The Morgan fingerprint density at radius 1 is 1.04 bits per heavy atom. The van der Waals surface area contributed by atoms with E-state index in [1.54, 1.807) is 19.1 Å². The molecule has 0 N–H and O–H groups in total. The second-order valence-corrected chi connectivity index (χ2v) is 6.93. The highest BCUT2D eigenvalue weighted by atomic mass is 35.5. The first-order valence-electron chi connectivity index (χ1n) is 8.56. The number of carbonyl (C=O) groups is 1. The predicted molar refractivity (Wildman–Crippen MR) is 98.8 cm³/mol. The monoisotopic (exact) mass is 382 g/mol. The zero-order chi connectivity index (χ0) is 19.7. The fourth-order valence-corrected chi connectivity index (χ4v) is 3.90. The van der Waals surface area contributed by atoms with E-state index < -0.39 is 17.2 Å². The third-order valence-electron chi connectivity index (χ3n) is 5.06. The van der Waals surface area contributed by atoms with Gasteiger partial charge in [0.05, 0.1) is 11.0 Å². The molecule has 5 heteroatoms. The Morgan fingerprint density at radius 3 is 2.15 bits per heavy atom. The molecule has 1 atom stereocenters. The Labute approximate surface area is 157 Å². The molecule has 0 heterocycles. The number of Topliss-reactive ketones (excluding diaryl/α,β-unsaturated/α-hetero) is 1. The molecular weight excluding hydrogens is 361 g/mol. The van der Waals surface area contributed by atoms with E-state index in [1.165, 1.54) is 13.0 Å². The van der Waals surface area contributed by atoms with Gasteiger partial charge in [0.25, 0.3) is 0 Å². The number of carbonyl (C=O) groups excluding carboxylic acids is 1. The molecule has 0 saturated carbocycles. The molecule has 0 spiro atoms. The fourth-order valence-electron chi connectivity index (χ4n) is 3.73. The van der Waals surface area contributed by atoms with Crippen molar-refractivity contribution in [2.45, 2.75) is 52.1 Å². The van der Waals surface area contributed by atoms with Gasteiger partial charge in [0.1, 0.15) is 5.78 Å². The number of hydrogen-bond donors (Lipinski definition) is 0. The first-order chi connectivity index (χ1) is 12.1. The van der Waals surface area contributed by atoms with Crippen molar-refractivity contribution in [3.63, 3.8) is 0 Å². The van der Waals surface area contributed by atoms with Gasteiger partial charge in [0, 0.05) is 5.02 Å². The zero-order valence-electron chi connectivity index (χ0n) is 15.3. The van der Waals surface area contributed by atoms with Crippen LogP contribution in [-0.4, -0.2) is 5.78 Å². The van der Waals surface area contributed by atoms with Gasteiger partial charge < -0.3 is 0 Å². The minimum absolute atomic E-state index is 0.111. The summed E-state index contributed by atoms with van der Waals surface area (Å²) in [5, 5.41) is 0.501. The minimum Gasteiger partial charge on any atom is -0.299 e. The average molecular weight is 383 g/mol. The number of rotatable bonds is 5. The molecule has 140 valence electrons. The van der Waals surface area contributed by atoms with Gasteiger partial charge >= 0.3 is 6.18 Å². The highest BCUT2D eigenvalue weighted by molar-refractivity contribution is 6.30. The van der Waals surface area contributed by atoms with Crippen LogP contribution in [0.3, 0.4) is 0 Å². The van der Waals surface area contributed by atoms with Crippen LogP contribution >= 0.6 is 11.6 Å². The molecule has 0 aliphatic carbocycles. The number of halogens is 4. The quantitative estimate of drug-likeness (QED) is 0.575. The molecule has 0 unspecified atom stereocenters. The second kappa shape index (κ2) is 7.43. The van der Waals surface area contributed by atoms with Gasteiger partial charge in [-0.3, -0.25) is 4.79 Å². The maximum atomic E-state index is 13.0. The molecule has 2 aromatic carbocycles. The molecule has 0 radical (unpaired) electrons. The molecule has 0 bridgehead atoms. The number of benzene rings is 2. The van der Waals surface area contributed by atoms with Crippen molar-refractivity contribution in [2.24, 2.45) is 0 Å². The van der Waals surface area contributed by atoms with Crippen LogP contribution in [0, 0.1) is 6.92 Å². The molecule has 26 heavy (non-hydrogen) atoms. The Hall–Kier alpha value is -1.81. The standard InChI is InChI=1S/C21H22ClF3O/c1-5-15-7-9-17(22)12-19(15)20(6-2,14(4)26)18-10-8-16(11-13(18)3)21(23,24)25/h7-12H,5-6H2,1-4H3/t20-/m0/s1. The minimum atomic E-state index is -4.42. The highest BCUT2D eigenvalue weighted by Crippen LogP contribution is 2.42. The SMILES string of the molecule is CCc1ccc(Cl)cc1[C@@](CC)(C(C)=O)c1ccc(C(F)(F)F)cc1C. The molecule has 2 rings (SSSR count). The summed E-state index contributed by atoms with van der Waals surface area (Å²) in [5.41, 5.74) is 1.03. The highest BCUT2D eigenvalue weighted by Gasteiger charge is 2.41. The largest absolute Gasteiger partial charge is 0.416 e. The summed E-state index contributed by atoms with van der Waals surface area (Å²) in [6.07, 6.45) is -3.29. The van der Waals surface area contributed by atoms with E-state index in [2.05, 4.69) is 0 Å². The lowest BCUT2D eigenvalue weighted by molar-refractivity contribution is -0.137. The lowest BCUT2D eigenvalue weighted by Gasteiger charge is -2.35. The number of aryl methyl sites for hydroxylation is 2. The van der Waals surface area contributed by atoms with E-state index in [-0.39, 0.29) is 5.78 Å². The van der Waals surface area contributed by atoms with E-state index in [0.29, 0.717) is 29.0 Å². The van der Waals surface area contributed by atoms with Crippen molar-refractivity contribution in [3.05, 3.63) is 69.2 Å². The predicted octanol–water partition coefficient (Wildman–Crippen LogP) is 6.51. The summed E-state index contributed by atoms with van der Waals surface area (Å²) in [5.74, 6) is -0.111. The van der Waals surface area contributed by atoms with E-state index in [0.717, 1.165) is 23.3 Å². The van der Waals surface area contributed by atoms with Crippen LogP contribution in [0.5, 0.6) is 0 Å². The van der Waals surface area contributed by atoms with Crippen molar-refractivity contribution in [1.29, 1.82) is 0 Å². The number of alkyl halides is 3. The van der Waals surface area contributed by atoms with Gasteiger partial charge in [-0.2, -0.15) is 13.2 Å². The summed E-state index contributed by atoms with van der Waals surface area (Å²) in [7, 11) is 0.